The normalized spacial score (nSPS) is 15.9. The molecule has 0 bridgehead atoms. The number of ether oxygens (including phenoxy) is 2. The number of hydrogen-bond acceptors (Lipinski definition) is 5. The monoisotopic (exact) mass is 347 g/mol. The molecule has 1 saturated heterocycles. The van der Waals surface area contributed by atoms with E-state index in [1.807, 2.05) is 0 Å². The van der Waals surface area contributed by atoms with E-state index in [-0.39, 0.29) is 37.4 Å². The molecule has 1 fully saturated rings. The van der Waals surface area contributed by atoms with E-state index in [1.54, 1.807) is 28.0 Å². The van der Waals surface area contributed by atoms with Gasteiger partial charge >= 0.3 is 0 Å². The summed E-state index contributed by atoms with van der Waals surface area (Å²) in [4.78, 5) is 38.9. The van der Waals surface area contributed by atoms with E-state index in [4.69, 9.17) is 9.47 Å². The van der Waals surface area contributed by atoms with Crippen molar-refractivity contribution >= 4 is 23.4 Å². The van der Waals surface area contributed by atoms with Gasteiger partial charge < -0.3 is 24.6 Å². The first-order chi connectivity index (χ1) is 12.0. The molecule has 3 rings (SSSR count). The molecule has 1 aromatic rings. The van der Waals surface area contributed by atoms with E-state index in [0.717, 1.165) is 0 Å². The highest BCUT2D eigenvalue weighted by atomic mass is 16.7. The molecule has 0 unspecified atom stereocenters. The third kappa shape index (κ3) is 4.20. The second-order valence-electron chi connectivity index (χ2n) is 6.00. The molecule has 2 heterocycles. The maximum Gasteiger partial charge on any atom is 0.231 e. The third-order valence-corrected chi connectivity index (χ3v) is 4.30. The Morgan fingerprint density at radius 2 is 1.68 bits per heavy atom. The van der Waals surface area contributed by atoms with Crippen molar-refractivity contribution < 1.29 is 23.9 Å². The number of carbonyl (C=O) groups excluding carboxylic acids is 3. The Kier molecular flexibility index (Phi) is 5.06. The van der Waals surface area contributed by atoms with Crippen LogP contribution in [0.25, 0.3) is 0 Å². The number of rotatable bonds is 4. The molecule has 0 atom stereocenters. The number of amides is 3. The first-order valence-corrected chi connectivity index (χ1v) is 8.26. The number of benzene rings is 1. The summed E-state index contributed by atoms with van der Waals surface area (Å²) in [5.41, 5.74) is 0.608. The lowest BCUT2D eigenvalue weighted by atomic mass is 10.2. The SMILES string of the molecule is CC(=O)N1CCN(C(=O)CCC(=O)Nc2ccc3c(c2)OCO3)CC1. The highest BCUT2D eigenvalue weighted by Crippen LogP contribution is 2.34. The third-order valence-electron chi connectivity index (χ3n) is 4.30. The van der Waals surface area contributed by atoms with Crippen molar-refractivity contribution in [1.82, 2.24) is 9.80 Å². The van der Waals surface area contributed by atoms with Gasteiger partial charge in [0.15, 0.2) is 11.5 Å². The lowest BCUT2D eigenvalue weighted by Gasteiger charge is -2.34. The molecule has 0 radical (unpaired) electrons. The average Bonchev–Trinajstić information content (AvgIpc) is 3.07. The van der Waals surface area contributed by atoms with Gasteiger partial charge in [0, 0.05) is 57.7 Å². The molecule has 0 spiro atoms. The zero-order chi connectivity index (χ0) is 17.8. The van der Waals surface area contributed by atoms with Gasteiger partial charge in [-0.15, -0.1) is 0 Å². The number of carbonyl (C=O) groups is 3. The Labute approximate surface area is 145 Å². The van der Waals surface area contributed by atoms with Gasteiger partial charge in [-0.05, 0) is 12.1 Å². The van der Waals surface area contributed by atoms with E-state index in [1.165, 1.54) is 6.92 Å². The number of nitrogens with zero attached hydrogens (tertiary/aromatic N) is 2. The second-order valence-corrected chi connectivity index (χ2v) is 6.00. The standard InChI is InChI=1S/C17H21N3O5/c1-12(21)19-6-8-20(9-7-19)17(23)5-4-16(22)18-13-2-3-14-15(10-13)25-11-24-14/h2-3,10H,4-9,11H2,1H3,(H,18,22). The van der Waals surface area contributed by atoms with Gasteiger partial charge in [-0.2, -0.15) is 0 Å². The predicted molar refractivity (Wildman–Crippen MR) is 89.3 cm³/mol. The number of hydrogen-bond donors (Lipinski definition) is 1. The summed E-state index contributed by atoms with van der Waals surface area (Å²) in [6.45, 7) is 3.83. The van der Waals surface area contributed by atoms with E-state index < -0.39 is 0 Å². The van der Waals surface area contributed by atoms with Crippen molar-refractivity contribution in [2.75, 3.05) is 38.3 Å². The Hall–Kier alpha value is -2.77. The Bertz CT molecular complexity index is 683. The number of piperazine rings is 1. The van der Waals surface area contributed by atoms with Crippen LogP contribution in [0.2, 0.25) is 0 Å². The average molecular weight is 347 g/mol. The van der Waals surface area contributed by atoms with E-state index in [0.29, 0.717) is 43.4 Å². The van der Waals surface area contributed by atoms with Crippen molar-refractivity contribution in [2.45, 2.75) is 19.8 Å². The van der Waals surface area contributed by atoms with Crippen molar-refractivity contribution in [3.63, 3.8) is 0 Å². The molecule has 2 aliphatic rings. The fraction of sp³-hybridized carbons (Fsp3) is 0.471. The summed E-state index contributed by atoms with van der Waals surface area (Å²) in [7, 11) is 0. The van der Waals surface area contributed by atoms with E-state index in [9.17, 15) is 14.4 Å². The van der Waals surface area contributed by atoms with Gasteiger partial charge in [-0.25, -0.2) is 0 Å². The zero-order valence-corrected chi connectivity index (χ0v) is 14.1. The molecule has 1 aromatic carbocycles. The summed E-state index contributed by atoms with van der Waals surface area (Å²) in [6, 6.07) is 5.16. The number of nitrogens with one attached hydrogen (secondary N) is 1. The fourth-order valence-corrected chi connectivity index (χ4v) is 2.85. The second kappa shape index (κ2) is 7.42. The lowest BCUT2D eigenvalue weighted by Crippen LogP contribution is -2.50. The molecule has 2 aliphatic heterocycles. The summed E-state index contributed by atoms with van der Waals surface area (Å²) in [6.07, 6.45) is 0.261. The van der Waals surface area contributed by atoms with Crippen LogP contribution in [-0.4, -0.2) is 60.5 Å². The Morgan fingerprint density at radius 3 is 2.40 bits per heavy atom. The lowest BCUT2D eigenvalue weighted by molar-refractivity contribution is -0.138. The molecule has 3 amide bonds. The van der Waals surface area contributed by atoms with Crippen LogP contribution in [-0.2, 0) is 14.4 Å². The van der Waals surface area contributed by atoms with E-state index >= 15 is 0 Å². The number of anilines is 1. The molecule has 0 aliphatic carbocycles. The largest absolute Gasteiger partial charge is 0.454 e. The highest BCUT2D eigenvalue weighted by Gasteiger charge is 2.22. The van der Waals surface area contributed by atoms with Gasteiger partial charge in [0.25, 0.3) is 0 Å². The van der Waals surface area contributed by atoms with Crippen molar-refractivity contribution in [3.05, 3.63) is 18.2 Å². The maximum atomic E-state index is 12.2. The van der Waals surface area contributed by atoms with E-state index in [2.05, 4.69) is 5.32 Å². The maximum absolute atomic E-state index is 12.2. The zero-order valence-electron chi connectivity index (χ0n) is 14.1. The molecule has 134 valence electrons. The predicted octanol–water partition coefficient (Wildman–Crippen LogP) is 0.825. The van der Waals surface area contributed by atoms with Crippen LogP contribution >= 0.6 is 0 Å². The first-order valence-electron chi connectivity index (χ1n) is 8.26. The van der Waals surface area contributed by atoms with Crippen LogP contribution in [0.1, 0.15) is 19.8 Å². The smallest absolute Gasteiger partial charge is 0.231 e. The molecule has 0 aromatic heterocycles. The minimum Gasteiger partial charge on any atom is -0.454 e. The van der Waals surface area contributed by atoms with Crippen LogP contribution in [0.3, 0.4) is 0 Å². The Balaban J connectivity index is 1.43. The summed E-state index contributed by atoms with van der Waals surface area (Å²) >= 11 is 0. The van der Waals surface area contributed by atoms with Gasteiger partial charge in [0.1, 0.15) is 0 Å². The first kappa shape index (κ1) is 17.1. The topological polar surface area (TPSA) is 88.2 Å². The minimum atomic E-state index is -0.227. The quantitative estimate of drug-likeness (QED) is 0.871. The number of fused-ring (bicyclic) bond motifs is 1. The molecule has 0 saturated carbocycles. The van der Waals surface area contributed by atoms with Crippen LogP contribution < -0.4 is 14.8 Å². The summed E-state index contributed by atoms with van der Waals surface area (Å²) in [5.74, 6) is 0.976. The van der Waals surface area contributed by atoms with Crippen molar-refractivity contribution in [1.29, 1.82) is 0 Å². The highest BCUT2D eigenvalue weighted by molar-refractivity contribution is 5.93. The van der Waals surface area contributed by atoms with Crippen molar-refractivity contribution in [2.24, 2.45) is 0 Å². The van der Waals surface area contributed by atoms with Gasteiger partial charge in [-0.1, -0.05) is 0 Å². The van der Waals surface area contributed by atoms with Gasteiger partial charge in [0.2, 0.25) is 24.5 Å². The van der Waals surface area contributed by atoms with Crippen molar-refractivity contribution in [3.8, 4) is 11.5 Å². The molecular weight excluding hydrogens is 326 g/mol. The van der Waals surface area contributed by atoms with Crippen LogP contribution in [0, 0.1) is 0 Å². The Morgan fingerprint density at radius 1 is 1.00 bits per heavy atom. The molecule has 1 N–H and O–H groups in total. The summed E-state index contributed by atoms with van der Waals surface area (Å²) < 4.78 is 10.5. The molecule has 8 heteroatoms. The van der Waals surface area contributed by atoms with Crippen LogP contribution in [0.5, 0.6) is 11.5 Å². The van der Waals surface area contributed by atoms with Gasteiger partial charge in [0.05, 0.1) is 0 Å². The fourth-order valence-electron chi connectivity index (χ4n) is 2.85. The molecule has 25 heavy (non-hydrogen) atoms. The minimum absolute atomic E-state index is 0.0233. The molecular formula is C17H21N3O5. The molecule has 8 nitrogen and oxygen atoms in total. The van der Waals surface area contributed by atoms with Gasteiger partial charge in [-0.3, -0.25) is 14.4 Å². The van der Waals surface area contributed by atoms with Crippen LogP contribution in [0.4, 0.5) is 5.69 Å². The van der Waals surface area contributed by atoms with Crippen LogP contribution in [0.15, 0.2) is 18.2 Å². The summed E-state index contributed by atoms with van der Waals surface area (Å²) in [5, 5.41) is 2.75.